The lowest BCUT2D eigenvalue weighted by Crippen LogP contribution is -2.66. The fraction of sp³-hybridized carbons (Fsp3) is 0.658. The fourth-order valence-electron chi connectivity index (χ4n) is 6.97. The molecule has 3 aliphatic heterocycles. The third kappa shape index (κ3) is 8.86. The predicted molar refractivity (Wildman–Crippen MR) is 193 cm³/mol. The average Bonchev–Trinajstić information content (AvgIpc) is 3.10. The maximum absolute atomic E-state index is 12.7. The summed E-state index contributed by atoms with van der Waals surface area (Å²) in [7, 11) is -2.39. The van der Waals surface area contributed by atoms with E-state index in [2.05, 4.69) is 50.8 Å². The summed E-state index contributed by atoms with van der Waals surface area (Å²) in [6.45, 7) is 19.0. The smallest absolute Gasteiger partial charge is 0.303 e. The predicted octanol–water partition coefficient (Wildman–Crippen LogP) is 7.84. The van der Waals surface area contributed by atoms with Crippen molar-refractivity contribution in [2.24, 2.45) is 17.0 Å². The Hall–Kier alpha value is -2.84. The van der Waals surface area contributed by atoms with Gasteiger partial charge in [0, 0.05) is 17.4 Å². The van der Waals surface area contributed by atoms with Crippen LogP contribution < -0.4 is 0 Å². The van der Waals surface area contributed by atoms with Crippen LogP contribution in [0.15, 0.2) is 65.8 Å². The second kappa shape index (κ2) is 16.9. The van der Waals surface area contributed by atoms with Crippen LogP contribution in [-0.4, -0.2) is 76.1 Å². The Morgan fingerprint density at radius 3 is 2.27 bits per heavy atom. The summed E-state index contributed by atoms with van der Waals surface area (Å²) in [5.41, 5.74) is 11.5. The van der Waals surface area contributed by atoms with E-state index in [1.807, 2.05) is 74.5 Å². The molecule has 3 fully saturated rings. The molecule has 0 amide bonds. The number of esters is 1. The standard InChI is InChI=1S/C38H55N3O9Si/c1-10-28-31(24(4)30(40-41-39)36(46-28)50-51(8,9)38(6,7)23(2)3)48-37-34(45-25(5)42)33(43-21-26-17-13-11-14-18-26)32-29(47-37)22-44-35(49-32)27-19-15-12-16-20-27/h11-20,23-24,28-37H,10,21-22H2,1-9H3/t24-,28?,29?,30?,31+,32-,33-,34-,35?,36+,37+/m1/s1. The van der Waals surface area contributed by atoms with Gasteiger partial charge in [-0.2, -0.15) is 0 Å². The van der Waals surface area contributed by atoms with Crippen LogP contribution in [0.4, 0.5) is 0 Å². The molecule has 0 radical (unpaired) electrons. The number of carbonyl (C=O) groups excluding carboxylic acids is 1. The molecule has 0 bridgehead atoms. The summed E-state index contributed by atoms with van der Waals surface area (Å²) in [4.78, 5) is 15.9. The quantitative estimate of drug-likeness (QED) is 0.0664. The van der Waals surface area contributed by atoms with Crippen molar-refractivity contribution in [3.63, 3.8) is 0 Å². The highest BCUT2D eigenvalue weighted by atomic mass is 28.4. The van der Waals surface area contributed by atoms with Crippen LogP contribution >= 0.6 is 0 Å². The Kier molecular flexibility index (Phi) is 13.0. The highest BCUT2D eigenvalue weighted by Crippen LogP contribution is 2.47. The number of hydrogen-bond donors (Lipinski definition) is 0. The number of azide groups is 1. The fourth-order valence-corrected chi connectivity index (χ4v) is 9.44. The number of hydrogen-bond acceptors (Lipinski definition) is 10. The molecule has 3 saturated heterocycles. The molecule has 2 aromatic carbocycles. The van der Waals surface area contributed by atoms with Gasteiger partial charge in [0.05, 0.1) is 31.5 Å². The average molecular weight is 726 g/mol. The van der Waals surface area contributed by atoms with Crippen molar-refractivity contribution in [2.75, 3.05) is 6.61 Å². The Morgan fingerprint density at radius 1 is 1.00 bits per heavy atom. The van der Waals surface area contributed by atoms with Gasteiger partial charge in [-0.15, -0.1) is 0 Å². The van der Waals surface area contributed by atoms with Gasteiger partial charge in [-0.05, 0) is 47.5 Å². The molecule has 0 N–H and O–H groups in total. The first-order valence-corrected chi connectivity index (χ1v) is 21.0. The topological polar surface area (TPSA) is 140 Å². The van der Waals surface area contributed by atoms with Gasteiger partial charge in [0.25, 0.3) is 0 Å². The minimum absolute atomic E-state index is 0.0856. The van der Waals surface area contributed by atoms with E-state index < -0.39 is 75.8 Å². The number of nitrogens with zero attached hydrogens (tertiary/aromatic N) is 3. The van der Waals surface area contributed by atoms with E-state index in [-0.39, 0.29) is 24.2 Å². The van der Waals surface area contributed by atoms with Gasteiger partial charge in [0.2, 0.25) is 0 Å². The molecule has 5 rings (SSSR count). The van der Waals surface area contributed by atoms with Gasteiger partial charge in [0.15, 0.2) is 33.3 Å². The normalized spacial score (nSPS) is 32.9. The van der Waals surface area contributed by atoms with Crippen LogP contribution in [0.2, 0.25) is 18.1 Å². The van der Waals surface area contributed by atoms with E-state index in [0.717, 1.165) is 11.1 Å². The zero-order chi connectivity index (χ0) is 36.9. The van der Waals surface area contributed by atoms with Crippen molar-refractivity contribution in [1.29, 1.82) is 0 Å². The van der Waals surface area contributed by atoms with Crippen LogP contribution in [0.1, 0.15) is 72.3 Å². The van der Waals surface area contributed by atoms with Crippen LogP contribution in [0.25, 0.3) is 10.4 Å². The summed E-state index contributed by atoms with van der Waals surface area (Å²) in [6, 6.07) is 18.7. The summed E-state index contributed by atoms with van der Waals surface area (Å²) in [5, 5.41) is 4.11. The SMILES string of the molecule is CCC1O[C@@H](O[Si](C)(C)C(C)(C)C(C)C)C(N=[N+]=[N-])[C@@H](C)[C@@H]1O[C@@H]1OC2COC(c3ccccc3)O[C@H]2[C@@H](OCc2ccccc2)[C@H]1OC(C)=O. The van der Waals surface area contributed by atoms with Crippen molar-refractivity contribution in [1.82, 2.24) is 0 Å². The molecule has 0 spiro atoms. The summed E-state index contributed by atoms with van der Waals surface area (Å²) < 4.78 is 52.1. The van der Waals surface area contributed by atoms with Gasteiger partial charge in [-0.25, -0.2) is 0 Å². The van der Waals surface area contributed by atoms with Crippen LogP contribution in [-0.2, 0) is 49.0 Å². The van der Waals surface area contributed by atoms with E-state index in [0.29, 0.717) is 12.3 Å². The number of ether oxygens (including phenoxy) is 7. The van der Waals surface area contributed by atoms with E-state index in [4.69, 9.17) is 37.6 Å². The van der Waals surface area contributed by atoms with Crippen LogP contribution in [0.5, 0.6) is 0 Å². The molecule has 0 saturated carbocycles. The second-order valence-corrected chi connectivity index (χ2v) is 19.7. The molecule has 51 heavy (non-hydrogen) atoms. The lowest BCUT2D eigenvalue weighted by atomic mass is 9.87. The highest BCUT2D eigenvalue weighted by Gasteiger charge is 2.56. The van der Waals surface area contributed by atoms with Gasteiger partial charge in [-0.3, -0.25) is 4.79 Å². The zero-order valence-corrected chi connectivity index (χ0v) is 32.3. The maximum atomic E-state index is 12.7. The minimum atomic E-state index is -2.39. The molecule has 11 atom stereocenters. The molecule has 12 nitrogen and oxygen atoms in total. The number of fused-ring (bicyclic) bond motifs is 1. The maximum Gasteiger partial charge on any atom is 0.303 e. The minimum Gasteiger partial charge on any atom is -0.454 e. The van der Waals surface area contributed by atoms with E-state index in [9.17, 15) is 10.3 Å². The number of rotatable bonds is 13. The number of benzene rings is 2. The molecule has 0 aromatic heterocycles. The molecule has 0 aliphatic carbocycles. The van der Waals surface area contributed by atoms with E-state index >= 15 is 0 Å². The molecular weight excluding hydrogens is 671 g/mol. The third-order valence-electron chi connectivity index (χ3n) is 11.2. The molecule has 3 heterocycles. The van der Waals surface area contributed by atoms with Gasteiger partial charge in [-0.1, -0.05) is 107 Å². The first kappa shape index (κ1) is 39.4. The highest BCUT2D eigenvalue weighted by molar-refractivity contribution is 6.74. The van der Waals surface area contributed by atoms with Crippen molar-refractivity contribution in [3.05, 3.63) is 82.2 Å². The summed E-state index contributed by atoms with van der Waals surface area (Å²) in [6.07, 6.45) is -5.98. The molecule has 4 unspecified atom stereocenters. The lowest BCUT2D eigenvalue weighted by molar-refractivity contribution is -0.381. The van der Waals surface area contributed by atoms with E-state index in [1.165, 1.54) is 6.92 Å². The Balaban J connectivity index is 1.44. The van der Waals surface area contributed by atoms with Crippen molar-refractivity contribution in [3.8, 4) is 0 Å². The van der Waals surface area contributed by atoms with Crippen LogP contribution in [0.3, 0.4) is 0 Å². The Morgan fingerprint density at radius 2 is 1.67 bits per heavy atom. The molecule has 3 aliphatic rings. The summed E-state index contributed by atoms with van der Waals surface area (Å²) in [5.74, 6) is -0.494. The molecule has 280 valence electrons. The van der Waals surface area contributed by atoms with Crippen molar-refractivity contribution >= 4 is 14.3 Å². The largest absolute Gasteiger partial charge is 0.454 e. The lowest BCUT2D eigenvalue weighted by Gasteiger charge is -2.52. The van der Waals surface area contributed by atoms with E-state index in [1.54, 1.807) is 0 Å². The molecule has 13 heteroatoms. The van der Waals surface area contributed by atoms with Crippen LogP contribution in [0, 0.1) is 11.8 Å². The number of carbonyl (C=O) groups is 1. The molecule has 2 aromatic rings. The summed E-state index contributed by atoms with van der Waals surface area (Å²) >= 11 is 0. The third-order valence-corrected chi connectivity index (χ3v) is 15.7. The molecular formula is C38H55N3O9Si. The Bertz CT molecular complexity index is 1480. The Labute approximate surface area is 303 Å². The second-order valence-electron chi connectivity index (χ2n) is 15.2. The zero-order valence-electron chi connectivity index (χ0n) is 31.3. The first-order valence-electron chi connectivity index (χ1n) is 18.1. The van der Waals surface area contributed by atoms with Gasteiger partial charge >= 0.3 is 5.97 Å². The van der Waals surface area contributed by atoms with Crippen molar-refractivity contribution in [2.45, 2.75) is 141 Å². The first-order chi connectivity index (χ1) is 24.3. The van der Waals surface area contributed by atoms with Gasteiger partial charge < -0.3 is 37.6 Å². The monoisotopic (exact) mass is 725 g/mol. The van der Waals surface area contributed by atoms with Crippen molar-refractivity contribution < 1.29 is 42.4 Å². The van der Waals surface area contributed by atoms with Gasteiger partial charge in [0.1, 0.15) is 18.3 Å².